The molecule has 0 saturated heterocycles. The monoisotopic (exact) mass is 535 g/mol. The number of aryl methyl sites for hydroxylation is 4. The highest BCUT2D eigenvalue weighted by molar-refractivity contribution is 5.97. The first-order valence-electron chi connectivity index (χ1n) is 13.9. The molecule has 0 aliphatic heterocycles. The summed E-state index contributed by atoms with van der Waals surface area (Å²) in [5, 5.41) is 0. The Labute approximate surface area is 236 Å². The lowest BCUT2D eigenvalue weighted by Crippen LogP contribution is -2.24. The second-order valence-corrected chi connectivity index (χ2v) is 11.4. The van der Waals surface area contributed by atoms with Gasteiger partial charge < -0.3 is 13.7 Å². The van der Waals surface area contributed by atoms with Crippen LogP contribution in [0.2, 0.25) is 0 Å². The van der Waals surface area contributed by atoms with E-state index in [1.54, 1.807) is 0 Å². The van der Waals surface area contributed by atoms with Gasteiger partial charge in [0.2, 0.25) is 5.89 Å². The van der Waals surface area contributed by atoms with E-state index < -0.39 is 5.60 Å². The van der Waals surface area contributed by atoms with Crippen LogP contribution in [0.4, 0.5) is 0 Å². The molecule has 6 nitrogen and oxygen atoms in total. The number of nitrogens with zero attached hydrogens (tertiary/aromatic N) is 3. The number of hydrogen-bond acceptors (Lipinski definition) is 5. The van der Waals surface area contributed by atoms with Gasteiger partial charge in [-0.3, -0.25) is 0 Å². The summed E-state index contributed by atoms with van der Waals surface area (Å²) in [7, 11) is 0. The van der Waals surface area contributed by atoms with Crippen molar-refractivity contribution in [3.05, 3.63) is 94.6 Å². The van der Waals surface area contributed by atoms with Gasteiger partial charge in [-0.25, -0.2) is 14.8 Å². The first-order chi connectivity index (χ1) is 19.0. The largest absolute Gasteiger partial charge is 0.456 e. The van der Waals surface area contributed by atoms with E-state index in [2.05, 4.69) is 59.8 Å². The zero-order valence-corrected chi connectivity index (χ0v) is 24.5. The average molecular weight is 536 g/mol. The number of ether oxygens (including phenoxy) is 1. The Morgan fingerprint density at radius 2 is 1.68 bits per heavy atom. The van der Waals surface area contributed by atoms with Gasteiger partial charge in [-0.15, -0.1) is 0 Å². The lowest BCUT2D eigenvalue weighted by atomic mass is 9.98. The Bertz CT molecular complexity index is 1660. The summed E-state index contributed by atoms with van der Waals surface area (Å²) in [5.74, 6) is 2.22. The SMILES string of the molecule is CCCc1nc2c(C)cc(-c3nc(C)c(C)o3)cc2n1Cc1ccc(-c2ccccc2C(=O)OC(C)(C)C)cc1. The summed E-state index contributed by atoms with van der Waals surface area (Å²) in [6.07, 6.45) is 1.90. The molecule has 0 amide bonds. The van der Waals surface area contributed by atoms with Gasteiger partial charge in [0.25, 0.3) is 0 Å². The van der Waals surface area contributed by atoms with Crippen molar-refractivity contribution in [2.45, 2.75) is 73.5 Å². The molecule has 206 valence electrons. The molecule has 0 aliphatic rings. The zero-order chi connectivity index (χ0) is 28.6. The molecule has 0 radical (unpaired) electrons. The first-order valence-corrected chi connectivity index (χ1v) is 13.9. The van der Waals surface area contributed by atoms with Crippen LogP contribution in [0.25, 0.3) is 33.6 Å². The molecular formula is C34H37N3O3. The summed E-state index contributed by atoms with van der Waals surface area (Å²) in [6.45, 7) is 14.5. The quantitative estimate of drug-likeness (QED) is 0.196. The van der Waals surface area contributed by atoms with Crippen molar-refractivity contribution in [1.29, 1.82) is 0 Å². The Balaban J connectivity index is 1.50. The maximum Gasteiger partial charge on any atom is 0.339 e. The third-order valence-corrected chi connectivity index (χ3v) is 7.02. The van der Waals surface area contributed by atoms with E-state index in [4.69, 9.17) is 14.1 Å². The smallest absolute Gasteiger partial charge is 0.339 e. The van der Waals surface area contributed by atoms with Crippen LogP contribution >= 0.6 is 0 Å². The van der Waals surface area contributed by atoms with E-state index in [1.807, 2.05) is 58.9 Å². The highest BCUT2D eigenvalue weighted by Crippen LogP contribution is 2.31. The molecule has 5 aromatic rings. The van der Waals surface area contributed by atoms with Gasteiger partial charge in [-0.05, 0) is 88.4 Å². The predicted molar refractivity (Wildman–Crippen MR) is 160 cm³/mol. The van der Waals surface area contributed by atoms with E-state index >= 15 is 0 Å². The Morgan fingerprint density at radius 1 is 0.950 bits per heavy atom. The van der Waals surface area contributed by atoms with Crippen LogP contribution in [-0.4, -0.2) is 26.1 Å². The summed E-state index contributed by atoms with van der Waals surface area (Å²) in [5.41, 5.74) is 8.05. The number of oxazole rings is 1. The minimum absolute atomic E-state index is 0.316. The number of benzene rings is 3. The molecule has 2 aromatic heterocycles. The first kappa shape index (κ1) is 27.4. The van der Waals surface area contributed by atoms with Gasteiger partial charge in [0.15, 0.2) is 0 Å². The normalized spacial score (nSPS) is 11.8. The summed E-state index contributed by atoms with van der Waals surface area (Å²) >= 11 is 0. The van der Waals surface area contributed by atoms with Gasteiger partial charge in [0.05, 0.1) is 22.3 Å². The van der Waals surface area contributed by atoms with Crippen LogP contribution in [0.3, 0.4) is 0 Å². The third-order valence-electron chi connectivity index (χ3n) is 7.02. The van der Waals surface area contributed by atoms with Gasteiger partial charge in [-0.1, -0.05) is 49.4 Å². The van der Waals surface area contributed by atoms with Gasteiger partial charge in [0, 0.05) is 18.5 Å². The second-order valence-electron chi connectivity index (χ2n) is 11.4. The molecule has 5 rings (SSSR count). The molecule has 0 aliphatic carbocycles. The minimum Gasteiger partial charge on any atom is -0.456 e. The zero-order valence-electron chi connectivity index (χ0n) is 24.5. The van der Waals surface area contributed by atoms with E-state index in [-0.39, 0.29) is 5.97 Å². The van der Waals surface area contributed by atoms with E-state index in [1.165, 1.54) is 0 Å². The van der Waals surface area contributed by atoms with Crippen LogP contribution in [0.5, 0.6) is 0 Å². The highest BCUT2D eigenvalue weighted by atomic mass is 16.6. The molecular weight excluding hydrogens is 498 g/mol. The molecule has 0 N–H and O–H groups in total. The minimum atomic E-state index is -0.555. The number of carbonyl (C=O) groups excluding carboxylic acids is 1. The van der Waals surface area contributed by atoms with Crippen molar-refractivity contribution in [1.82, 2.24) is 14.5 Å². The van der Waals surface area contributed by atoms with Crippen LogP contribution in [-0.2, 0) is 17.7 Å². The maximum absolute atomic E-state index is 12.9. The van der Waals surface area contributed by atoms with Crippen molar-refractivity contribution < 1.29 is 13.9 Å². The molecule has 0 saturated carbocycles. The molecule has 0 fully saturated rings. The number of aromatic nitrogens is 3. The summed E-state index contributed by atoms with van der Waals surface area (Å²) in [6, 6.07) is 20.3. The van der Waals surface area contributed by atoms with E-state index in [9.17, 15) is 4.79 Å². The Morgan fingerprint density at radius 3 is 2.33 bits per heavy atom. The van der Waals surface area contributed by atoms with Crippen molar-refractivity contribution in [3.8, 4) is 22.6 Å². The second kappa shape index (κ2) is 10.8. The lowest BCUT2D eigenvalue weighted by molar-refractivity contribution is 0.00704. The van der Waals surface area contributed by atoms with Gasteiger partial charge in [-0.2, -0.15) is 0 Å². The highest BCUT2D eigenvalue weighted by Gasteiger charge is 2.21. The molecule has 0 unspecified atom stereocenters. The van der Waals surface area contributed by atoms with Gasteiger partial charge in [0.1, 0.15) is 17.2 Å². The topological polar surface area (TPSA) is 70.2 Å². The van der Waals surface area contributed by atoms with Crippen molar-refractivity contribution in [2.24, 2.45) is 0 Å². The standard InChI is InChI=1S/C34H37N3O3/c1-8-11-30-36-31-21(2)18-26(32-35-22(3)23(4)39-32)19-29(31)37(30)20-24-14-16-25(17-15-24)27-12-9-10-13-28(27)33(38)40-34(5,6)7/h9-10,12-19H,8,11,20H2,1-7H3. The molecule has 40 heavy (non-hydrogen) atoms. The van der Waals surface area contributed by atoms with Crippen molar-refractivity contribution in [2.75, 3.05) is 0 Å². The predicted octanol–water partition coefficient (Wildman–Crippen LogP) is 8.24. The number of carbonyl (C=O) groups is 1. The van der Waals surface area contributed by atoms with Crippen molar-refractivity contribution >= 4 is 17.0 Å². The van der Waals surface area contributed by atoms with Crippen LogP contribution in [0.15, 0.2) is 65.1 Å². The molecule has 2 heterocycles. The number of imidazole rings is 1. The number of hydrogen-bond donors (Lipinski definition) is 0. The number of fused-ring (bicyclic) bond motifs is 1. The summed E-state index contributed by atoms with van der Waals surface area (Å²) in [4.78, 5) is 22.6. The average Bonchev–Trinajstić information content (AvgIpc) is 3.43. The summed E-state index contributed by atoms with van der Waals surface area (Å²) < 4.78 is 13.9. The Hall–Kier alpha value is -4.19. The molecule has 3 aromatic carbocycles. The van der Waals surface area contributed by atoms with Crippen LogP contribution < -0.4 is 0 Å². The number of esters is 1. The number of rotatable bonds is 7. The molecule has 6 heteroatoms. The maximum atomic E-state index is 12.9. The fraction of sp³-hybridized carbons (Fsp3) is 0.324. The molecule has 0 spiro atoms. The fourth-order valence-electron chi connectivity index (χ4n) is 4.97. The lowest BCUT2D eigenvalue weighted by Gasteiger charge is -2.20. The fourth-order valence-corrected chi connectivity index (χ4v) is 4.97. The van der Waals surface area contributed by atoms with E-state index in [0.717, 1.165) is 69.0 Å². The molecule has 0 bridgehead atoms. The Kier molecular flexibility index (Phi) is 7.37. The van der Waals surface area contributed by atoms with Crippen LogP contribution in [0, 0.1) is 20.8 Å². The van der Waals surface area contributed by atoms with E-state index in [0.29, 0.717) is 18.0 Å². The third kappa shape index (κ3) is 5.57. The van der Waals surface area contributed by atoms with Crippen LogP contribution in [0.1, 0.15) is 72.9 Å². The van der Waals surface area contributed by atoms with Crippen molar-refractivity contribution in [3.63, 3.8) is 0 Å². The molecule has 0 atom stereocenters. The van der Waals surface area contributed by atoms with Gasteiger partial charge >= 0.3 is 5.97 Å².